The van der Waals surface area contributed by atoms with E-state index >= 15 is 0 Å². The van der Waals surface area contributed by atoms with Gasteiger partial charge in [0, 0.05) is 44.0 Å². The zero-order chi connectivity index (χ0) is 24.2. The lowest BCUT2D eigenvalue weighted by molar-refractivity contribution is -0.274. The number of amides is 2. The van der Waals surface area contributed by atoms with Crippen molar-refractivity contribution >= 4 is 17.5 Å². The third-order valence-electron chi connectivity index (χ3n) is 6.50. The van der Waals surface area contributed by atoms with Crippen molar-refractivity contribution < 1.29 is 27.5 Å². The maximum absolute atomic E-state index is 13.1. The fraction of sp³-hybridized carbons (Fsp3) is 0.652. The highest BCUT2D eigenvalue weighted by Crippen LogP contribution is 2.25. The maximum Gasteiger partial charge on any atom is 0.573 e. The fourth-order valence-electron chi connectivity index (χ4n) is 4.68. The van der Waals surface area contributed by atoms with Gasteiger partial charge in [-0.15, -0.1) is 13.2 Å². The highest BCUT2D eigenvalue weighted by Gasteiger charge is 2.35. The van der Waals surface area contributed by atoms with Gasteiger partial charge in [0.05, 0.1) is 12.6 Å². The van der Waals surface area contributed by atoms with Crippen LogP contribution in [0.1, 0.15) is 40.0 Å². The largest absolute Gasteiger partial charge is 0.573 e. The summed E-state index contributed by atoms with van der Waals surface area (Å²) in [7, 11) is 0. The Morgan fingerprint density at radius 3 is 2.18 bits per heavy atom. The maximum atomic E-state index is 13.1. The van der Waals surface area contributed by atoms with E-state index < -0.39 is 6.36 Å². The minimum absolute atomic E-state index is 0.178. The van der Waals surface area contributed by atoms with Gasteiger partial charge < -0.3 is 15.0 Å². The summed E-state index contributed by atoms with van der Waals surface area (Å²) < 4.78 is 40.6. The first-order valence-electron chi connectivity index (χ1n) is 11.5. The molecule has 10 heteroatoms. The number of nitrogens with one attached hydrogen (secondary N) is 1. The van der Waals surface area contributed by atoms with E-state index in [4.69, 9.17) is 0 Å². The molecule has 0 saturated carbocycles. The van der Waals surface area contributed by atoms with E-state index in [-0.39, 0.29) is 42.2 Å². The van der Waals surface area contributed by atoms with E-state index in [1.165, 1.54) is 12.1 Å². The molecule has 184 valence electrons. The SMILES string of the molecule is C[C@H](C(=O)N1[C@@H](C)CCC[C@@H]1C)N1CCN(CC(=O)Nc2ccc(OC(F)(F)F)cc2)CC1. The molecule has 0 radical (unpaired) electrons. The number of hydrogen-bond acceptors (Lipinski definition) is 5. The van der Waals surface area contributed by atoms with E-state index in [0.717, 1.165) is 31.4 Å². The van der Waals surface area contributed by atoms with Crippen LogP contribution in [0.4, 0.5) is 18.9 Å². The van der Waals surface area contributed by atoms with Crippen molar-refractivity contribution in [3.63, 3.8) is 0 Å². The van der Waals surface area contributed by atoms with Crippen LogP contribution in [0.15, 0.2) is 24.3 Å². The lowest BCUT2D eigenvalue weighted by Crippen LogP contribution is -2.58. The molecule has 33 heavy (non-hydrogen) atoms. The Morgan fingerprint density at radius 1 is 1.06 bits per heavy atom. The number of nitrogens with zero attached hydrogens (tertiary/aromatic N) is 3. The number of anilines is 1. The number of rotatable bonds is 6. The molecule has 0 aromatic heterocycles. The summed E-state index contributed by atoms with van der Waals surface area (Å²) in [6.07, 6.45) is -1.50. The Balaban J connectivity index is 1.44. The average Bonchev–Trinajstić information content (AvgIpc) is 2.74. The van der Waals surface area contributed by atoms with Gasteiger partial charge in [-0.2, -0.15) is 0 Å². The number of hydrogen-bond donors (Lipinski definition) is 1. The Morgan fingerprint density at radius 2 is 1.64 bits per heavy atom. The van der Waals surface area contributed by atoms with Gasteiger partial charge in [0.2, 0.25) is 11.8 Å². The first-order valence-corrected chi connectivity index (χ1v) is 11.5. The first-order chi connectivity index (χ1) is 15.5. The van der Waals surface area contributed by atoms with Crippen LogP contribution < -0.4 is 10.1 Å². The molecule has 2 aliphatic heterocycles. The molecular formula is C23H33F3N4O3. The van der Waals surface area contributed by atoms with Crippen LogP contribution in [0, 0.1) is 0 Å². The molecule has 3 atom stereocenters. The molecule has 2 aliphatic rings. The Labute approximate surface area is 192 Å². The molecule has 1 aromatic rings. The van der Waals surface area contributed by atoms with Gasteiger partial charge in [-0.1, -0.05) is 0 Å². The lowest BCUT2D eigenvalue weighted by atomic mass is 9.96. The second-order valence-corrected chi connectivity index (χ2v) is 8.98. The average molecular weight is 471 g/mol. The van der Waals surface area contributed by atoms with Crippen LogP contribution in [-0.2, 0) is 9.59 Å². The van der Waals surface area contributed by atoms with Gasteiger partial charge in [0.25, 0.3) is 0 Å². The number of carbonyl (C=O) groups is 2. The molecule has 1 N–H and O–H groups in total. The van der Waals surface area contributed by atoms with Gasteiger partial charge in [0.15, 0.2) is 0 Å². The number of ether oxygens (including phenoxy) is 1. The number of carbonyl (C=O) groups excluding carboxylic acids is 2. The zero-order valence-electron chi connectivity index (χ0n) is 19.4. The Kier molecular flexibility index (Phi) is 8.23. The number of likely N-dealkylation sites (tertiary alicyclic amines) is 1. The molecule has 7 nitrogen and oxygen atoms in total. The van der Waals surface area contributed by atoms with Gasteiger partial charge >= 0.3 is 6.36 Å². The van der Waals surface area contributed by atoms with Gasteiger partial charge in [0.1, 0.15) is 5.75 Å². The highest BCUT2D eigenvalue weighted by atomic mass is 19.4. The summed E-state index contributed by atoms with van der Waals surface area (Å²) in [5.41, 5.74) is 0.400. The van der Waals surface area contributed by atoms with Crippen LogP contribution >= 0.6 is 0 Å². The van der Waals surface area contributed by atoms with E-state index in [2.05, 4.69) is 28.8 Å². The molecule has 0 aliphatic carbocycles. The summed E-state index contributed by atoms with van der Waals surface area (Å²) in [4.78, 5) is 31.7. The van der Waals surface area contributed by atoms with Crippen molar-refractivity contribution in [2.45, 2.75) is 64.5 Å². The summed E-state index contributed by atoms with van der Waals surface area (Å²) in [5.74, 6) is -0.402. The van der Waals surface area contributed by atoms with E-state index in [9.17, 15) is 22.8 Å². The molecule has 0 unspecified atom stereocenters. The van der Waals surface area contributed by atoms with E-state index in [0.29, 0.717) is 31.9 Å². The van der Waals surface area contributed by atoms with Crippen LogP contribution in [0.25, 0.3) is 0 Å². The zero-order valence-corrected chi connectivity index (χ0v) is 19.4. The van der Waals surface area contributed by atoms with Crippen LogP contribution in [0.5, 0.6) is 5.75 Å². The summed E-state index contributed by atoms with van der Waals surface area (Å²) in [6.45, 7) is 9.09. The summed E-state index contributed by atoms with van der Waals surface area (Å²) >= 11 is 0. The van der Waals surface area contributed by atoms with E-state index in [1.807, 2.05) is 16.7 Å². The standard InChI is InChI=1S/C23H33F3N4O3/c1-16-5-4-6-17(2)30(16)22(32)18(3)29-13-11-28(12-14-29)15-21(31)27-19-7-9-20(10-8-19)33-23(24,25)26/h7-10,16-18H,4-6,11-15H2,1-3H3,(H,27,31)/t16-,17-,18+/m0/s1. The predicted molar refractivity (Wildman–Crippen MR) is 119 cm³/mol. The summed E-state index contributed by atoms with van der Waals surface area (Å²) in [5, 5.41) is 2.69. The van der Waals surface area contributed by atoms with Gasteiger partial charge in [-0.05, 0) is 64.3 Å². The molecule has 1 aromatic carbocycles. The van der Waals surface area contributed by atoms with Crippen molar-refractivity contribution in [3.8, 4) is 5.75 Å². The molecular weight excluding hydrogens is 437 g/mol. The summed E-state index contributed by atoms with van der Waals surface area (Å²) in [6, 6.07) is 5.39. The molecule has 2 heterocycles. The van der Waals surface area contributed by atoms with Crippen molar-refractivity contribution in [1.29, 1.82) is 0 Å². The fourth-order valence-corrected chi connectivity index (χ4v) is 4.68. The Bertz CT molecular complexity index is 800. The van der Waals surface area contributed by atoms with Crippen molar-refractivity contribution in [2.24, 2.45) is 0 Å². The quantitative estimate of drug-likeness (QED) is 0.691. The second-order valence-electron chi connectivity index (χ2n) is 8.98. The number of halogens is 3. The third-order valence-corrected chi connectivity index (χ3v) is 6.50. The molecule has 2 fully saturated rings. The van der Waals surface area contributed by atoms with Crippen LogP contribution in [-0.4, -0.2) is 83.7 Å². The van der Waals surface area contributed by atoms with Gasteiger partial charge in [-0.25, -0.2) is 0 Å². The van der Waals surface area contributed by atoms with Crippen LogP contribution in [0.2, 0.25) is 0 Å². The predicted octanol–water partition coefficient (Wildman–Crippen LogP) is 3.32. The minimum Gasteiger partial charge on any atom is -0.406 e. The van der Waals surface area contributed by atoms with Gasteiger partial charge in [-0.3, -0.25) is 19.4 Å². The number of piperazine rings is 1. The monoisotopic (exact) mass is 470 g/mol. The van der Waals surface area contributed by atoms with Crippen molar-refractivity contribution in [3.05, 3.63) is 24.3 Å². The number of piperidine rings is 1. The smallest absolute Gasteiger partial charge is 0.406 e. The molecule has 2 amide bonds. The van der Waals surface area contributed by atoms with Crippen molar-refractivity contribution in [1.82, 2.24) is 14.7 Å². The molecule has 0 spiro atoms. The van der Waals surface area contributed by atoms with Crippen molar-refractivity contribution in [2.75, 3.05) is 38.0 Å². The lowest BCUT2D eigenvalue weighted by Gasteiger charge is -2.44. The number of alkyl halides is 3. The van der Waals surface area contributed by atoms with E-state index in [1.54, 1.807) is 0 Å². The van der Waals surface area contributed by atoms with Crippen LogP contribution in [0.3, 0.4) is 0 Å². The topological polar surface area (TPSA) is 65.1 Å². The molecule has 0 bridgehead atoms. The second kappa shape index (κ2) is 10.7. The normalized spacial score (nSPS) is 23.8. The third kappa shape index (κ3) is 7.07. The highest BCUT2D eigenvalue weighted by molar-refractivity contribution is 5.92. The molecule has 2 saturated heterocycles. The minimum atomic E-state index is -4.75. The molecule has 3 rings (SSSR count). The number of benzene rings is 1. The Hall–Kier alpha value is -2.33. The first kappa shape index (κ1) is 25.3.